The summed E-state index contributed by atoms with van der Waals surface area (Å²) in [5, 5.41) is 7.53. The normalized spacial score (nSPS) is 10.8. The Kier molecular flexibility index (Phi) is 5.57. The molecule has 0 fully saturated rings. The van der Waals surface area contributed by atoms with E-state index >= 15 is 0 Å². The van der Waals surface area contributed by atoms with E-state index in [0.29, 0.717) is 6.42 Å². The number of nitrogens with zero attached hydrogens (tertiary/aromatic N) is 2. The largest absolute Gasteiger partial charge is 0.310 e. The number of aromatic nitrogens is 2. The highest BCUT2D eigenvalue weighted by atomic mass is 79.9. The van der Waals surface area contributed by atoms with Crippen LogP contribution in [-0.4, -0.2) is 15.7 Å². The molecule has 0 unspecified atom stereocenters. The molecule has 0 atom stereocenters. The number of rotatable bonds is 5. The average Bonchev–Trinajstić information content (AvgIpc) is 2.88. The number of carbonyl (C=O) groups is 1. The van der Waals surface area contributed by atoms with E-state index in [1.807, 2.05) is 44.3 Å². The van der Waals surface area contributed by atoms with Crippen LogP contribution in [-0.2, 0) is 18.3 Å². The Balaban J connectivity index is 1.77. The fourth-order valence-electron chi connectivity index (χ4n) is 3.08. The topological polar surface area (TPSA) is 46.9 Å². The number of hydrogen-bond donors (Lipinski definition) is 1. The Morgan fingerprint density at radius 3 is 2.58 bits per heavy atom. The standard InChI is InChI=1S/C21H22BrN3O/c1-14-5-4-6-16(13-14)7-12-19(26)23-21-20(15(2)24-25(21)3)17-8-10-18(22)11-9-17/h4-6,8-11,13H,7,12H2,1-3H3,(H,23,26). The molecule has 134 valence electrons. The number of amides is 1. The van der Waals surface area contributed by atoms with Crippen LogP contribution in [0.3, 0.4) is 0 Å². The molecule has 0 bridgehead atoms. The smallest absolute Gasteiger partial charge is 0.225 e. The number of aryl methyl sites for hydroxylation is 4. The van der Waals surface area contributed by atoms with Crippen LogP contribution in [0.15, 0.2) is 53.0 Å². The number of hydrogen-bond acceptors (Lipinski definition) is 2. The summed E-state index contributed by atoms with van der Waals surface area (Å²) in [5.74, 6) is 0.729. The molecule has 4 nitrogen and oxygen atoms in total. The van der Waals surface area contributed by atoms with Crippen LogP contribution >= 0.6 is 15.9 Å². The Hall–Kier alpha value is -2.40. The molecule has 0 saturated carbocycles. The Morgan fingerprint density at radius 1 is 1.15 bits per heavy atom. The van der Waals surface area contributed by atoms with E-state index in [1.54, 1.807) is 4.68 Å². The van der Waals surface area contributed by atoms with Gasteiger partial charge >= 0.3 is 0 Å². The predicted molar refractivity (Wildman–Crippen MR) is 109 cm³/mol. The van der Waals surface area contributed by atoms with Crippen molar-refractivity contribution in [3.63, 3.8) is 0 Å². The van der Waals surface area contributed by atoms with Crippen molar-refractivity contribution in [3.8, 4) is 11.1 Å². The molecule has 3 aromatic rings. The van der Waals surface area contributed by atoms with E-state index in [4.69, 9.17) is 0 Å². The van der Waals surface area contributed by atoms with E-state index in [0.717, 1.165) is 33.5 Å². The Labute approximate surface area is 162 Å². The highest BCUT2D eigenvalue weighted by molar-refractivity contribution is 9.10. The van der Waals surface area contributed by atoms with Crippen LogP contribution in [0.5, 0.6) is 0 Å². The molecule has 1 heterocycles. The highest BCUT2D eigenvalue weighted by Crippen LogP contribution is 2.32. The zero-order valence-electron chi connectivity index (χ0n) is 15.2. The third-order valence-electron chi connectivity index (χ3n) is 4.34. The maximum atomic E-state index is 12.5. The summed E-state index contributed by atoms with van der Waals surface area (Å²) < 4.78 is 2.75. The summed E-state index contributed by atoms with van der Waals surface area (Å²) in [5.41, 5.74) is 5.28. The molecule has 1 amide bonds. The molecule has 1 aromatic heterocycles. The zero-order valence-corrected chi connectivity index (χ0v) is 16.8. The van der Waals surface area contributed by atoms with Gasteiger partial charge in [-0.25, -0.2) is 0 Å². The van der Waals surface area contributed by atoms with Gasteiger partial charge in [0.15, 0.2) is 0 Å². The van der Waals surface area contributed by atoms with Gasteiger partial charge in [0, 0.05) is 23.5 Å². The first kappa shape index (κ1) is 18.4. The van der Waals surface area contributed by atoms with Crippen molar-refractivity contribution >= 4 is 27.7 Å². The number of halogens is 1. The van der Waals surface area contributed by atoms with Gasteiger partial charge in [-0.3, -0.25) is 9.48 Å². The van der Waals surface area contributed by atoms with Gasteiger partial charge in [0.05, 0.1) is 5.69 Å². The van der Waals surface area contributed by atoms with Crippen LogP contribution in [0.25, 0.3) is 11.1 Å². The molecule has 0 aliphatic carbocycles. The van der Waals surface area contributed by atoms with Crippen LogP contribution in [0.4, 0.5) is 5.82 Å². The summed E-state index contributed by atoms with van der Waals surface area (Å²) in [6.45, 7) is 4.02. The van der Waals surface area contributed by atoms with E-state index in [1.165, 1.54) is 11.1 Å². The lowest BCUT2D eigenvalue weighted by atomic mass is 10.1. The number of nitrogens with one attached hydrogen (secondary N) is 1. The summed E-state index contributed by atoms with van der Waals surface area (Å²) in [7, 11) is 1.85. The molecular formula is C21H22BrN3O. The van der Waals surface area contributed by atoms with E-state index in [2.05, 4.69) is 51.5 Å². The zero-order chi connectivity index (χ0) is 18.7. The van der Waals surface area contributed by atoms with Crippen molar-refractivity contribution in [1.29, 1.82) is 0 Å². The second-order valence-corrected chi connectivity index (χ2v) is 7.39. The third-order valence-corrected chi connectivity index (χ3v) is 4.86. The van der Waals surface area contributed by atoms with Crippen LogP contribution in [0, 0.1) is 13.8 Å². The fraction of sp³-hybridized carbons (Fsp3) is 0.238. The molecule has 0 spiro atoms. The molecule has 3 rings (SSSR count). The lowest BCUT2D eigenvalue weighted by molar-refractivity contribution is -0.116. The van der Waals surface area contributed by atoms with Crippen molar-refractivity contribution < 1.29 is 4.79 Å². The Bertz CT molecular complexity index is 929. The Morgan fingerprint density at radius 2 is 1.88 bits per heavy atom. The molecule has 2 aromatic carbocycles. The second-order valence-electron chi connectivity index (χ2n) is 6.48. The predicted octanol–water partition coefficient (Wildman–Crippen LogP) is 5.04. The van der Waals surface area contributed by atoms with Gasteiger partial charge in [0.2, 0.25) is 5.91 Å². The van der Waals surface area contributed by atoms with E-state index in [9.17, 15) is 4.79 Å². The van der Waals surface area contributed by atoms with Gasteiger partial charge in [-0.2, -0.15) is 5.10 Å². The summed E-state index contributed by atoms with van der Waals surface area (Å²) >= 11 is 3.46. The maximum absolute atomic E-state index is 12.5. The summed E-state index contributed by atoms with van der Waals surface area (Å²) in [6.07, 6.45) is 1.16. The monoisotopic (exact) mass is 411 g/mol. The second kappa shape index (κ2) is 7.87. The quantitative estimate of drug-likeness (QED) is 0.639. The van der Waals surface area contributed by atoms with Crippen LogP contribution in [0.1, 0.15) is 23.2 Å². The minimum atomic E-state index is -0.00660. The molecular weight excluding hydrogens is 390 g/mol. The minimum absolute atomic E-state index is 0.00660. The molecule has 0 aliphatic heterocycles. The van der Waals surface area contributed by atoms with E-state index in [-0.39, 0.29) is 5.91 Å². The lowest BCUT2D eigenvalue weighted by Crippen LogP contribution is -2.15. The maximum Gasteiger partial charge on any atom is 0.225 e. The van der Waals surface area contributed by atoms with Gasteiger partial charge in [-0.1, -0.05) is 57.9 Å². The van der Waals surface area contributed by atoms with Crippen molar-refractivity contribution in [1.82, 2.24) is 9.78 Å². The number of anilines is 1. The molecule has 26 heavy (non-hydrogen) atoms. The van der Waals surface area contributed by atoms with Gasteiger partial charge in [-0.05, 0) is 43.5 Å². The van der Waals surface area contributed by atoms with Crippen molar-refractivity contribution in [2.24, 2.45) is 7.05 Å². The first-order valence-corrected chi connectivity index (χ1v) is 9.38. The van der Waals surface area contributed by atoms with Crippen molar-refractivity contribution in [2.45, 2.75) is 26.7 Å². The minimum Gasteiger partial charge on any atom is -0.310 e. The lowest BCUT2D eigenvalue weighted by Gasteiger charge is -2.10. The number of benzene rings is 2. The summed E-state index contributed by atoms with van der Waals surface area (Å²) in [6, 6.07) is 16.3. The molecule has 0 saturated heterocycles. The fourth-order valence-corrected chi connectivity index (χ4v) is 3.35. The van der Waals surface area contributed by atoms with Gasteiger partial charge < -0.3 is 5.32 Å². The van der Waals surface area contributed by atoms with Crippen LogP contribution in [0.2, 0.25) is 0 Å². The van der Waals surface area contributed by atoms with Crippen molar-refractivity contribution in [2.75, 3.05) is 5.32 Å². The SMILES string of the molecule is Cc1cccc(CCC(=O)Nc2c(-c3ccc(Br)cc3)c(C)nn2C)c1. The molecule has 0 radical (unpaired) electrons. The first-order valence-electron chi connectivity index (χ1n) is 8.59. The summed E-state index contributed by atoms with van der Waals surface area (Å²) in [4.78, 5) is 12.5. The first-order chi connectivity index (χ1) is 12.4. The molecule has 1 N–H and O–H groups in total. The van der Waals surface area contributed by atoms with Crippen LogP contribution < -0.4 is 5.32 Å². The highest BCUT2D eigenvalue weighted by Gasteiger charge is 2.17. The van der Waals surface area contributed by atoms with Gasteiger partial charge in [0.25, 0.3) is 0 Å². The van der Waals surface area contributed by atoms with E-state index < -0.39 is 0 Å². The average molecular weight is 412 g/mol. The van der Waals surface area contributed by atoms with Gasteiger partial charge in [0.1, 0.15) is 5.82 Å². The molecule has 5 heteroatoms. The molecule has 0 aliphatic rings. The van der Waals surface area contributed by atoms with Gasteiger partial charge in [-0.15, -0.1) is 0 Å². The number of carbonyl (C=O) groups excluding carboxylic acids is 1. The third kappa shape index (κ3) is 4.22. The van der Waals surface area contributed by atoms with Crippen molar-refractivity contribution in [3.05, 3.63) is 69.8 Å².